The molecule has 0 aromatic heterocycles. The molecule has 2 nitrogen and oxygen atoms in total. The van der Waals surface area contributed by atoms with Crippen LogP contribution in [-0.4, -0.2) is 63.3 Å². The summed E-state index contributed by atoms with van der Waals surface area (Å²) in [5, 5.41) is 6.81. The Balaban J connectivity index is 1.81. The molecule has 2 heterocycles. The van der Waals surface area contributed by atoms with Gasteiger partial charge in [-0.1, -0.05) is 0 Å². The van der Waals surface area contributed by atoms with E-state index in [2.05, 4.69) is 37.7 Å². The van der Waals surface area contributed by atoms with Crippen molar-refractivity contribution < 1.29 is 0 Å². The van der Waals surface area contributed by atoms with Crippen LogP contribution in [0, 0.1) is 5.41 Å². The first kappa shape index (κ1) is 20.8. The molecule has 142 valence electrons. The van der Waals surface area contributed by atoms with E-state index in [1.54, 1.807) is 33.9 Å². The van der Waals surface area contributed by atoms with E-state index in [9.17, 15) is 0 Å². The molecule has 0 unspecified atom stereocenters. The molecule has 0 aromatic carbocycles. The van der Waals surface area contributed by atoms with Gasteiger partial charge in [-0.05, 0) is 0 Å². The van der Waals surface area contributed by atoms with Crippen molar-refractivity contribution in [3.8, 4) is 0 Å². The second-order valence-electron chi connectivity index (χ2n) is 9.39. The van der Waals surface area contributed by atoms with Gasteiger partial charge in [-0.15, -0.1) is 0 Å². The van der Waals surface area contributed by atoms with Gasteiger partial charge in [0.25, 0.3) is 0 Å². The molecule has 24 heavy (non-hydrogen) atoms. The fraction of sp³-hybridized carbons (Fsp3) is 1.00. The number of hydrogen-bond acceptors (Lipinski definition) is 2. The first-order valence-corrected chi connectivity index (χ1v) is 16.8. The Morgan fingerprint density at radius 1 is 0.917 bits per heavy atom. The SMILES string of the molecule is CCC[CH2][Ge]1([CH2]CCC)[CH2]CC2(CCN(CCCN(C)C)C2)C[CH2]1. The molecule has 2 rings (SSSR count). The van der Waals surface area contributed by atoms with Crippen molar-refractivity contribution in [1.82, 2.24) is 9.80 Å². The summed E-state index contributed by atoms with van der Waals surface area (Å²) in [4.78, 5) is 5.12. The van der Waals surface area contributed by atoms with Crippen molar-refractivity contribution in [3.63, 3.8) is 0 Å². The number of nitrogens with zero attached hydrogens (tertiary/aromatic N) is 2. The average molecular weight is 397 g/mol. The molecule has 2 aliphatic heterocycles. The Morgan fingerprint density at radius 2 is 1.54 bits per heavy atom. The molecule has 1 spiro atoms. The minimum atomic E-state index is -1.47. The van der Waals surface area contributed by atoms with E-state index in [4.69, 9.17) is 0 Å². The summed E-state index contributed by atoms with van der Waals surface area (Å²) in [7, 11) is 4.40. The van der Waals surface area contributed by atoms with Gasteiger partial charge >= 0.3 is 155 Å². The summed E-state index contributed by atoms with van der Waals surface area (Å²) >= 11 is -1.47. The predicted molar refractivity (Wildman–Crippen MR) is 111 cm³/mol. The van der Waals surface area contributed by atoms with Gasteiger partial charge in [0.1, 0.15) is 0 Å². The molecule has 2 fully saturated rings. The van der Waals surface area contributed by atoms with Gasteiger partial charge in [0.05, 0.1) is 0 Å². The molecule has 2 aliphatic rings. The Hall–Kier alpha value is 0.463. The normalized spacial score (nSPS) is 23.4. The first-order chi connectivity index (χ1) is 11.5. The summed E-state index contributed by atoms with van der Waals surface area (Å²) < 4.78 is 0. The molecule has 3 heteroatoms. The maximum absolute atomic E-state index is 2.79. The van der Waals surface area contributed by atoms with Gasteiger partial charge < -0.3 is 0 Å². The van der Waals surface area contributed by atoms with Gasteiger partial charge in [0, 0.05) is 0 Å². The summed E-state index contributed by atoms with van der Waals surface area (Å²) in [6.07, 6.45) is 12.0. The van der Waals surface area contributed by atoms with Crippen molar-refractivity contribution in [2.45, 2.75) is 86.2 Å². The molecule has 0 saturated carbocycles. The standard InChI is InChI=1S/C21H44GeN2/c1-5-7-13-22(14-8-6-2)15-10-21(11-16-22)12-19-24(20-21)18-9-17-23(3)4/h5-20H2,1-4H3. The van der Waals surface area contributed by atoms with E-state index in [1.165, 1.54) is 64.7 Å². The number of unbranched alkanes of at least 4 members (excludes halogenated alkanes) is 2. The van der Waals surface area contributed by atoms with Crippen LogP contribution >= 0.6 is 0 Å². The van der Waals surface area contributed by atoms with Gasteiger partial charge in [0.2, 0.25) is 0 Å². The molecular weight excluding hydrogens is 353 g/mol. The van der Waals surface area contributed by atoms with Crippen LogP contribution in [-0.2, 0) is 0 Å². The van der Waals surface area contributed by atoms with Gasteiger partial charge in [-0.3, -0.25) is 0 Å². The molecule has 0 bridgehead atoms. The van der Waals surface area contributed by atoms with Crippen molar-refractivity contribution in [2.24, 2.45) is 5.41 Å². The number of hydrogen-bond donors (Lipinski definition) is 0. The van der Waals surface area contributed by atoms with Crippen molar-refractivity contribution in [1.29, 1.82) is 0 Å². The molecule has 0 aromatic rings. The van der Waals surface area contributed by atoms with E-state index < -0.39 is 13.3 Å². The Labute approximate surface area is 155 Å². The van der Waals surface area contributed by atoms with Crippen molar-refractivity contribution >= 4 is 13.3 Å². The Bertz CT molecular complexity index is 338. The summed E-state index contributed by atoms with van der Waals surface area (Å²) in [6, 6.07) is 0. The topological polar surface area (TPSA) is 6.48 Å². The third-order valence-electron chi connectivity index (χ3n) is 7.09. The van der Waals surface area contributed by atoms with Gasteiger partial charge in [0.15, 0.2) is 0 Å². The molecule has 0 amide bonds. The van der Waals surface area contributed by atoms with Crippen LogP contribution in [0.25, 0.3) is 0 Å². The van der Waals surface area contributed by atoms with Crippen LogP contribution in [0.3, 0.4) is 0 Å². The average Bonchev–Trinajstić information content (AvgIpc) is 2.96. The van der Waals surface area contributed by atoms with Crippen LogP contribution in [0.2, 0.25) is 21.0 Å². The second kappa shape index (κ2) is 9.97. The second-order valence-corrected chi connectivity index (χ2v) is 19.9. The van der Waals surface area contributed by atoms with Gasteiger partial charge in [-0.25, -0.2) is 0 Å². The third-order valence-corrected chi connectivity index (χ3v) is 18.5. The molecule has 0 aliphatic carbocycles. The summed E-state index contributed by atoms with van der Waals surface area (Å²) in [5.74, 6) is 0. The van der Waals surface area contributed by atoms with Crippen LogP contribution in [0.1, 0.15) is 65.2 Å². The third kappa shape index (κ3) is 6.02. The van der Waals surface area contributed by atoms with Crippen LogP contribution in [0.4, 0.5) is 0 Å². The van der Waals surface area contributed by atoms with E-state index in [0.717, 1.165) is 5.41 Å². The maximum atomic E-state index is 2.79. The van der Waals surface area contributed by atoms with E-state index in [1.807, 2.05) is 0 Å². The van der Waals surface area contributed by atoms with Gasteiger partial charge in [-0.2, -0.15) is 0 Å². The van der Waals surface area contributed by atoms with E-state index >= 15 is 0 Å². The van der Waals surface area contributed by atoms with Crippen molar-refractivity contribution in [3.05, 3.63) is 0 Å². The molecule has 0 radical (unpaired) electrons. The van der Waals surface area contributed by atoms with E-state index in [0.29, 0.717) is 0 Å². The zero-order valence-electron chi connectivity index (χ0n) is 17.2. The quantitative estimate of drug-likeness (QED) is 0.451. The van der Waals surface area contributed by atoms with Crippen LogP contribution in [0.5, 0.6) is 0 Å². The monoisotopic (exact) mass is 398 g/mol. The van der Waals surface area contributed by atoms with Crippen molar-refractivity contribution in [2.75, 3.05) is 40.3 Å². The minimum absolute atomic E-state index is 0.741. The molecule has 2 saturated heterocycles. The zero-order chi connectivity index (χ0) is 17.5. The number of likely N-dealkylation sites (tertiary alicyclic amines) is 1. The molecular formula is C21H44GeN2. The molecule has 0 N–H and O–H groups in total. The summed E-state index contributed by atoms with van der Waals surface area (Å²) in [6.45, 7) is 10.2. The predicted octanol–water partition coefficient (Wildman–Crippen LogP) is 5.47. The fourth-order valence-corrected chi connectivity index (χ4v) is 17.5. The fourth-order valence-electron chi connectivity index (χ4n) is 5.28. The number of rotatable bonds is 10. The van der Waals surface area contributed by atoms with Crippen LogP contribution < -0.4 is 0 Å². The summed E-state index contributed by atoms with van der Waals surface area (Å²) in [5.41, 5.74) is 0.741. The van der Waals surface area contributed by atoms with Crippen LogP contribution in [0.15, 0.2) is 0 Å². The van der Waals surface area contributed by atoms with E-state index in [-0.39, 0.29) is 0 Å². The first-order valence-electron chi connectivity index (χ1n) is 10.9. The molecule has 0 atom stereocenters. The Kier molecular flexibility index (Phi) is 8.63. The Morgan fingerprint density at radius 3 is 2.08 bits per heavy atom. The zero-order valence-corrected chi connectivity index (χ0v) is 19.3.